The van der Waals surface area contributed by atoms with Crippen molar-refractivity contribution in [2.24, 2.45) is 5.92 Å². The Bertz CT molecular complexity index is 518. The summed E-state index contributed by atoms with van der Waals surface area (Å²) in [6, 6.07) is 7.21. The Morgan fingerprint density at radius 1 is 1.44 bits per heavy atom. The maximum Gasteiger partial charge on any atom is 0.326 e. The number of nitrogens with zero attached hydrogens (tertiary/aromatic N) is 1. The van der Waals surface area contributed by atoms with Crippen molar-refractivity contribution < 1.29 is 9.90 Å². The number of hydrogen-bond donors (Lipinski definition) is 2. The van der Waals surface area contributed by atoms with E-state index in [0.717, 1.165) is 10.2 Å². The molecule has 1 aromatic carbocycles. The number of anilines is 1. The monoisotopic (exact) mass is 264 g/mol. The van der Waals surface area contributed by atoms with Gasteiger partial charge in [0.05, 0.1) is 10.2 Å². The highest BCUT2D eigenvalue weighted by Crippen LogP contribution is 2.26. The van der Waals surface area contributed by atoms with Crippen LogP contribution in [0.5, 0.6) is 0 Å². The normalized spacial score (nSPS) is 12.8. The zero-order valence-corrected chi connectivity index (χ0v) is 11.2. The minimum atomic E-state index is -0.831. The second kappa shape index (κ2) is 5.35. The number of nitrogens with one attached hydrogen (secondary N) is 1. The molecule has 0 bridgehead atoms. The number of benzene rings is 1. The van der Waals surface area contributed by atoms with Crippen molar-refractivity contribution in [1.82, 2.24) is 4.98 Å². The van der Waals surface area contributed by atoms with Gasteiger partial charge < -0.3 is 10.4 Å². The molecule has 0 saturated heterocycles. The predicted molar refractivity (Wildman–Crippen MR) is 74.1 cm³/mol. The van der Waals surface area contributed by atoms with Crippen LogP contribution in [0.3, 0.4) is 0 Å². The van der Waals surface area contributed by atoms with E-state index in [1.165, 1.54) is 11.3 Å². The summed E-state index contributed by atoms with van der Waals surface area (Å²) in [7, 11) is 0. The molecule has 0 spiro atoms. The van der Waals surface area contributed by atoms with Crippen LogP contribution in [0.25, 0.3) is 10.2 Å². The number of rotatable bonds is 5. The second-order valence-electron chi connectivity index (χ2n) is 4.65. The van der Waals surface area contributed by atoms with Crippen LogP contribution in [0, 0.1) is 5.92 Å². The van der Waals surface area contributed by atoms with E-state index in [1.54, 1.807) is 0 Å². The molecule has 18 heavy (non-hydrogen) atoms. The van der Waals surface area contributed by atoms with Gasteiger partial charge >= 0.3 is 5.97 Å². The fraction of sp³-hybridized carbons (Fsp3) is 0.385. The van der Waals surface area contributed by atoms with Crippen LogP contribution in [0.15, 0.2) is 24.3 Å². The molecule has 0 aliphatic rings. The molecule has 0 amide bonds. The lowest BCUT2D eigenvalue weighted by Gasteiger charge is -2.15. The Labute approximate surface area is 110 Å². The third kappa shape index (κ3) is 2.98. The molecule has 5 heteroatoms. The Morgan fingerprint density at radius 3 is 2.78 bits per heavy atom. The van der Waals surface area contributed by atoms with Gasteiger partial charge in [0.15, 0.2) is 5.13 Å². The number of hydrogen-bond acceptors (Lipinski definition) is 4. The first kappa shape index (κ1) is 12.8. The summed E-state index contributed by atoms with van der Waals surface area (Å²) in [6.45, 7) is 4.02. The highest BCUT2D eigenvalue weighted by molar-refractivity contribution is 7.22. The van der Waals surface area contributed by atoms with Crippen LogP contribution in [0.4, 0.5) is 5.13 Å². The average Bonchev–Trinajstić information content (AvgIpc) is 2.69. The number of carboxylic acids is 1. The summed E-state index contributed by atoms with van der Waals surface area (Å²) in [5, 5.41) is 12.9. The largest absolute Gasteiger partial charge is 0.480 e. The van der Waals surface area contributed by atoms with Gasteiger partial charge in [0.2, 0.25) is 0 Å². The molecule has 2 N–H and O–H groups in total. The van der Waals surface area contributed by atoms with E-state index in [2.05, 4.69) is 10.3 Å². The summed E-state index contributed by atoms with van der Waals surface area (Å²) < 4.78 is 1.06. The Balaban J connectivity index is 2.17. The van der Waals surface area contributed by atoms with Gasteiger partial charge in [-0.3, -0.25) is 0 Å². The van der Waals surface area contributed by atoms with Crippen molar-refractivity contribution in [2.75, 3.05) is 5.32 Å². The van der Waals surface area contributed by atoms with Gasteiger partial charge in [-0.2, -0.15) is 0 Å². The van der Waals surface area contributed by atoms with Gasteiger partial charge in [-0.05, 0) is 24.5 Å². The Hall–Kier alpha value is -1.62. The van der Waals surface area contributed by atoms with Gasteiger partial charge in [0, 0.05) is 0 Å². The maximum atomic E-state index is 11.2. The van der Waals surface area contributed by atoms with E-state index in [4.69, 9.17) is 0 Å². The van der Waals surface area contributed by atoms with Crippen molar-refractivity contribution in [2.45, 2.75) is 26.3 Å². The van der Waals surface area contributed by atoms with Crippen molar-refractivity contribution in [1.29, 1.82) is 0 Å². The average molecular weight is 264 g/mol. The van der Waals surface area contributed by atoms with Crippen LogP contribution < -0.4 is 5.32 Å². The van der Waals surface area contributed by atoms with Crippen molar-refractivity contribution >= 4 is 32.7 Å². The lowest BCUT2D eigenvalue weighted by Crippen LogP contribution is -2.30. The zero-order chi connectivity index (χ0) is 13.1. The Morgan fingerprint density at radius 2 is 2.17 bits per heavy atom. The van der Waals surface area contributed by atoms with Crippen molar-refractivity contribution in [3.63, 3.8) is 0 Å². The molecular weight excluding hydrogens is 248 g/mol. The van der Waals surface area contributed by atoms with E-state index in [1.807, 2.05) is 38.1 Å². The number of carbonyl (C=O) groups is 1. The zero-order valence-electron chi connectivity index (χ0n) is 10.4. The molecule has 2 aromatic rings. The third-order valence-corrected chi connectivity index (χ3v) is 3.56. The van der Waals surface area contributed by atoms with Crippen LogP contribution in [-0.4, -0.2) is 22.1 Å². The molecule has 96 valence electrons. The summed E-state index contributed by atoms with van der Waals surface area (Å²) in [6.07, 6.45) is 0.589. The summed E-state index contributed by atoms with van der Waals surface area (Å²) in [4.78, 5) is 15.6. The maximum absolute atomic E-state index is 11.2. The highest BCUT2D eigenvalue weighted by atomic mass is 32.1. The van der Waals surface area contributed by atoms with E-state index in [9.17, 15) is 9.90 Å². The minimum absolute atomic E-state index is 0.327. The van der Waals surface area contributed by atoms with E-state index < -0.39 is 12.0 Å². The molecule has 4 nitrogen and oxygen atoms in total. The molecule has 0 radical (unpaired) electrons. The molecule has 1 atom stereocenters. The number of aliphatic carboxylic acids is 1. The molecule has 0 aliphatic carbocycles. The SMILES string of the molecule is CC(C)CC(Nc1nc2ccccc2s1)C(=O)O. The number of aromatic nitrogens is 1. The van der Waals surface area contributed by atoms with Gasteiger partial charge in [-0.15, -0.1) is 0 Å². The predicted octanol–water partition coefficient (Wildman–Crippen LogP) is 3.21. The van der Waals surface area contributed by atoms with E-state index in [0.29, 0.717) is 17.5 Å². The molecule has 0 saturated carbocycles. The topological polar surface area (TPSA) is 62.2 Å². The van der Waals surface area contributed by atoms with Gasteiger partial charge in [0.25, 0.3) is 0 Å². The third-order valence-electron chi connectivity index (χ3n) is 2.60. The Kier molecular flexibility index (Phi) is 3.81. The number of para-hydroxylation sites is 1. The first-order valence-electron chi connectivity index (χ1n) is 5.91. The highest BCUT2D eigenvalue weighted by Gasteiger charge is 2.19. The van der Waals surface area contributed by atoms with Crippen LogP contribution in [-0.2, 0) is 4.79 Å². The smallest absolute Gasteiger partial charge is 0.326 e. The molecule has 0 aliphatic heterocycles. The molecule has 1 aromatic heterocycles. The number of carboxylic acid groups (broad SMARTS) is 1. The van der Waals surface area contributed by atoms with E-state index in [-0.39, 0.29) is 0 Å². The van der Waals surface area contributed by atoms with Gasteiger partial charge in [-0.25, -0.2) is 9.78 Å². The molecule has 2 rings (SSSR count). The minimum Gasteiger partial charge on any atom is -0.480 e. The molecule has 1 unspecified atom stereocenters. The lowest BCUT2D eigenvalue weighted by molar-refractivity contribution is -0.138. The van der Waals surface area contributed by atoms with Crippen molar-refractivity contribution in [3.8, 4) is 0 Å². The van der Waals surface area contributed by atoms with Gasteiger partial charge in [-0.1, -0.05) is 37.3 Å². The molecule has 1 heterocycles. The first-order valence-corrected chi connectivity index (χ1v) is 6.73. The fourth-order valence-electron chi connectivity index (χ4n) is 1.78. The molecular formula is C13H16N2O2S. The number of fused-ring (bicyclic) bond motifs is 1. The van der Waals surface area contributed by atoms with Gasteiger partial charge in [0.1, 0.15) is 6.04 Å². The van der Waals surface area contributed by atoms with Crippen LogP contribution >= 0.6 is 11.3 Å². The fourth-order valence-corrected chi connectivity index (χ4v) is 2.69. The summed E-state index contributed by atoms with van der Waals surface area (Å²) in [5.74, 6) is -0.504. The van der Waals surface area contributed by atoms with Crippen LogP contribution in [0.2, 0.25) is 0 Å². The second-order valence-corrected chi connectivity index (χ2v) is 5.68. The van der Waals surface area contributed by atoms with Crippen LogP contribution in [0.1, 0.15) is 20.3 Å². The quantitative estimate of drug-likeness (QED) is 0.870. The summed E-state index contributed by atoms with van der Waals surface area (Å²) >= 11 is 1.48. The summed E-state index contributed by atoms with van der Waals surface area (Å²) in [5.41, 5.74) is 0.902. The lowest BCUT2D eigenvalue weighted by atomic mass is 10.0. The van der Waals surface area contributed by atoms with E-state index >= 15 is 0 Å². The number of thiazole rings is 1. The van der Waals surface area contributed by atoms with Crippen molar-refractivity contribution in [3.05, 3.63) is 24.3 Å². The first-order chi connectivity index (χ1) is 8.56. The molecule has 0 fully saturated rings. The standard InChI is InChI=1S/C13H16N2O2S/c1-8(2)7-10(12(16)17)15-13-14-9-5-3-4-6-11(9)18-13/h3-6,8,10H,7H2,1-2H3,(H,14,15)(H,16,17).